The molecule has 1 heterocycles. The highest BCUT2D eigenvalue weighted by Gasteiger charge is 2.36. The fourth-order valence-electron chi connectivity index (χ4n) is 2.68. The monoisotopic (exact) mass is 350 g/mol. The van der Waals surface area contributed by atoms with Gasteiger partial charge in [-0.2, -0.15) is 4.31 Å². The van der Waals surface area contributed by atoms with E-state index in [-0.39, 0.29) is 21.8 Å². The quantitative estimate of drug-likeness (QED) is 0.766. The first-order valence-electron chi connectivity index (χ1n) is 6.87. The zero-order valence-corrected chi connectivity index (χ0v) is 14.5. The van der Waals surface area contributed by atoms with Crippen LogP contribution in [0.1, 0.15) is 18.4 Å². The van der Waals surface area contributed by atoms with Crippen molar-refractivity contribution in [3.63, 3.8) is 0 Å². The average molecular weight is 351 g/mol. The Hall–Kier alpha value is -0.330. The predicted octanol–water partition coefficient (Wildman–Crippen LogP) is 2.79. The number of likely N-dealkylation sites (N-methyl/N-ethyl adjacent to an activating group) is 1. The maximum Gasteiger partial charge on any atom is 0.244 e. The van der Waals surface area contributed by atoms with Crippen LogP contribution in [0.3, 0.4) is 0 Å². The van der Waals surface area contributed by atoms with Crippen LogP contribution in [0, 0.1) is 0 Å². The number of alkyl halides is 1. The van der Waals surface area contributed by atoms with Gasteiger partial charge in [-0.05, 0) is 44.6 Å². The fraction of sp³-hybridized carbons (Fsp3) is 0.571. The van der Waals surface area contributed by atoms with Crippen LogP contribution in [-0.2, 0) is 15.9 Å². The molecule has 1 unspecified atom stereocenters. The third-order valence-electron chi connectivity index (χ3n) is 3.64. The summed E-state index contributed by atoms with van der Waals surface area (Å²) in [6, 6.07) is 4.93. The summed E-state index contributed by atoms with van der Waals surface area (Å²) in [5, 5.41) is 0.249. The van der Waals surface area contributed by atoms with Crippen molar-refractivity contribution >= 4 is 33.2 Å². The highest BCUT2D eigenvalue weighted by atomic mass is 35.5. The van der Waals surface area contributed by atoms with Crippen LogP contribution in [-0.4, -0.2) is 50.8 Å². The van der Waals surface area contributed by atoms with Crippen molar-refractivity contribution in [2.45, 2.75) is 29.7 Å². The molecule has 0 radical (unpaired) electrons. The van der Waals surface area contributed by atoms with Gasteiger partial charge in [-0.3, -0.25) is 0 Å². The van der Waals surface area contributed by atoms with Crippen LogP contribution in [0.5, 0.6) is 0 Å². The van der Waals surface area contributed by atoms with E-state index in [0.717, 1.165) is 18.4 Å². The molecule has 0 spiro atoms. The van der Waals surface area contributed by atoms with Crippen LogP contribution >= 0.6 is 23.2 Å². The summed E-state index contributed by atoms with van der Waals surface area (Å²) >= 11 is 11.9. The fourth-order valence-corrected chi connectivity index (χ4v) is 5.06. The molecule has 21 heavy (non-hydrogen) atoms. The third kappa shape index (κ3) is 3.71. The third-order valence-corrected chi connectivity index (χ3v) is 6.38. The van der Waals surface area contributed by atoms with E-state index in [1.165, 1.54) is 0 Å². The smallest absolute Gasteiger partial charge is 0.244 e. The van der Waals surface area contributed by atoms with E-state index in [2.05, 4.69) is 0 Å². The number of halogens is 2. The minimum Gasteiger partial charge on any atom is -0.308 e. The molecular formula is C14H20Cl2N2O2S. The molecule has 0 bridgehead atoms. The molecule has 4 nitrogen and oxygen atoms in total. The topological polar surface area (TPSA) is 40.6 Å². The number of benzene rings is 1. The van der Waals surface area contributed by atoms with E-state index in [1.54, 1.807) is 22.5 Å². The lowest BCUT2D eigenvalue weighted by atomic mass is 10.2. The molecule has 1 aliphatic rings. The lowest BCUT2D eigenvalue weighted by molar-refractivity contribution is 0.291. The van der Waals surface area contributed by atoms with Crippen molar-refractivity contribution in [2.24, 2.45) is 0 Å². The van der Waals surface area contributed by atoms with Crippen molar-refractivity contribution in [1.82, 2.24) is 9.21 Å². The number of hydrogen-bond donors (Lipinski definition) is 0. The summed E-state index contributed by atoms with van der Waals surface area (Å²) in [6.07, 6.45) is 1.76. The second kappa shape index (κ2) is 6.84. The normalized spacial score (nSPS) is 20.3. The molecule has 118 valence electrons. The minimum atomic E-state index is -3.58. The van der Waals surface area contributed by atoms with Crippen molar-refractivity contribution in [1.29, 1.82) is 0 Å². The second-order valence-corrected chi connectivity index (χ2v) is 8.11. The Morgan fingerprint density at radius 3 is 2.71 bits per heavy atom. The van der Waals surface area contributed by atoms with E-state index in [0.29, 0.717) is 13.1 Å². The van der Waals surface area contributed by atoms with Gasteiger partial charge in [0.1, 0.15) is 4.90 Å². The van der Waals surface area contributed by atoms with Gasteiger partial charge in [0.2, 0.25) is 10.0 Å². The molecule has 2 rings (SSSR count). The Labute approximate surface area is 136 Å². The van der Waals surface area contributed by atoms with Crippen LogP contribution in [0.2, 0.25) is 5.02 Å². The number of rotatable bonds is 5. The van der Waals surface area contributed by atoms with Gasteiger partial charge >= 0.3 is 0 Å². The maximum atomic E-state index is 12.9. The highest BCUT2D eigenvalue weighted by molar-refractivity contribution is 7.89. The number of nitrogens with zero attached hydrogens (tertiary/aromatic N) is 2. The summed E-state index contributed by atoms with van der Waals surface area (Å²) in [5.41, 5.74) is 0.753. The summed E-state index contributed by atoms with van der Waals surface area (Å²) in [4.78, 5) is 2.17. The summed E-state index contributed by atoms with van der Waals surface area (Å²) in [5.74, 6) is 0.265. The Morgan fingerprint density at radius 2 is 2.10 bits per heavy atom. The Kier molecular flexibility index (Phi) is 5.54. The first-order chi connectivity index (χ1) is 9.86. The standard InChI is InChI=1S/C14H20Cl2N2O2S/c1-17(2)10-12-4-3-7-18(12)21(19,20)14-8-11(9-15)5-6-13(14)16/h5-6,8,12H,3-4,7,9-10H2,1-2H3. The molecule has 0 aromatic heterocycles. The number of sulfonamides is 1. The summed E-state index contributed by atoms with van der Waals surface area (Å²) in [7, 11) is 0.317. The molecule has 1 saturated heterocycles. The van der Waals surface area contributed by atoms with Crippen LogP contribution < -0.4 is 0 Å². The lowest BCUT2D eigenvalue weighted by Gasteiger charge is -2.27. The van der Waals surface area contributed by atoms with Crippen molar-refractivity contribution in [3.8, 4) is 0 Å². The second-order valence-electron chi connectivity index (χ2n) is 5.57. The van der Waals surface area contributed by atoms with E-state index in [1.807, 2.05) is 19.0 Å². The van der Waals surface area contributed by atoms with Crippen LogP contribution in [0.25, 0.3) is 0 Å². The Balaban J connectivity index is 2.37. The van der Waals surface area contributed by atoms with Crippen molar-refractivity contribution in [2.75, 3.05) is 27.2 Å². The van der Waals surface area contributed by atoms with E-state index in [9.17, 15) is 8.42 Å². The largest absolute Gasteiger partial charge is 0.308 e. The first-order valence-corrected chi connectivity index (χ1v) is 9.22. The van der Waals surface area contributed by atoms with Gasteiger partial charge in [0, 0.05) is 25.0 Å². The average Bonchev–Trinajstić information content (AvgIpc) is 2.87. The minimum absolute atomic E-state index is 0.000671. The maximum absolute atomic E-state index is 12.9. The van der Waals surface area contributed by atoms with Gasteiger partial charge in [-0.25, -0.2) is 8.42 Å². The predicted molar refractivity (Wildman–Crippen MR) is 86.5 cm³/mol. The van der Waals surface area contributed by atoms with Gasteiger partial charge in [-0.15, -0.1) is 11.6 Å². The Morgan fingerprint density at radius 1 is 1.38 bits per heavy atom. The molecule has 1 atom stereocenters. The zero-order chi connectivity index (χ0) is 15.6. The van der Waals surface area contributed by atoms with Gasteiger partial charge in [0.25, 0.3) is 0 Å². The van der Waals surface area contributed by atoms with Crippen LogP contribution in [0.4, 0.5) is 0 Å². The Bertz CT molecular complexity index is 605. The van der Waals surface area contributed by atoms with Crippen molar-refractivity contribution in [3.05, 3.63) is 28.8 Å². The van der Waals surface area contributed by atoms with E-state index in [4.69, 9.17) is 23.2 Å². The molecule has 0 amide bonds. The molecule has 1 aliphatic heterocycles. The molecule has 1 aromatic rings. The SMILES string of the molecule is CN(C)CC1CCCN1S(=O)(=O)c1cc(CCl)ccc1Cl. The zero-order valence-electron chi connectivity index (χ0n) is 12.2. The molecule has 1 aromatic carbocycles. The lowest BCUT2D eigenvalue weighted by Crippen LogP contribution is -2.41. The molecular weight excluding hydrogens is 331 g/mol. The van der Waals surface area contributed by atoms with Gasteiger partial charge in [-0.1, -0.05) is 17.7 Å². The van der Waals surface area contributed by atoms with Crippen molar-refractivity contribution < 1.29 is 8.42 Å². The highest BCUT2D eigenvalue weighted by Crippen LogP contribution is 2.31. The van der Waals surface area contributed by atoms with Gasteiger partial charge < -0.3 is 4.90 Å². The molecule has 0 saturated carbocycles. The van der Waals surface area contributed by atoms with Gasteiger partial charge in [0.15, 0.2) is 0 Å². The van der Waals surface area contributed by atoms with E-state index >= 15 is 0 Å². The summed E-state index contributed by atoms with van der Waals surface area (Å²) in [6.45, 7) is 1.26. The number of hydrogen-bond acceptors (Lipinski definition) is 3. The molecule has 7 heteroatoms. The van der Waals surface area contributed by atoms with E-state index < -0.39 is 10.0 Å². The molecule has 1 fully saturated rings. The first kappa shape index (κ1) is 17.0. The van der Waals surface area contributed by atoms with Crippen LogP contribution in [0.15, 0.2) is 23.1 Å². The van der Waals surface area contributed by atoms with Gasteiger partial charge in [0.05, 0.1) is 5.02 Å². The molecule has 0 aliphatic carbocycles. The molecule has 0 N–H and O–H groups in total. The summed E-state index contributed by atoms with van der Waals surface area (Å²) < 4.78 is 27.4.